The van der Waals surface area contributed by atoms with Crippen LogP contribution in [0.25, 0.3) is 0 Å². The number of hydrogen-bond acceptors (Lipinski definition) is 3. The van der Waals surface area contributed by atoms with Crippen molar-refractivity contribution in [3.63, 3.8) is 0 Å². The average Bonchev–Trinajstić information content (AvgIpc) is 2.79. The van der Waals surface area contributed by atoms with Crippen molar-refractivity contribution < 1.29 is 4.42 Å². The van der Waals surface area contributed by atoms with Gasteiger partial charge in [0.05, 0.1) is 13.1 Å². The highest BCUT2D eigenvalue weighted by Gasteiger charge is 2.20. The third-order valence-corrected chi connectivity index (χ3v) is 4.14. The molecule has 0 atom stereocenters. The Kier molecular flexibility index (Phi) is 6.11. The van der Waals surface area contributed by atoms with Gasteiger partial charge in [0.1, 0.15) is 11.5 Å². The summed E-state index contributed by atoms with van der Waals surface area (Å²) in [5.41, 5.74) is 0. The van der Waals surface area contributed by atoms with Crippen LogP contribution in [0.5, 0.6) is 0 Å². The summed E-state index contributed by atoms with van der Waals surface area (Å²) in [7, 11) is 0. The number of nitrogens with zero attached hydrogens (tertiary/aromatic N) is 1. The Balaban J connectivity index is 1.75. The fraction of sp³-hybridized carbons (Fsp3) is 0.765. The number of furan rings is 1. The first kappa shape index (κ1) is 15.6. The van der Waals surface area contributed by atoms with Crippen LogP contribution in [-0.4, -0.2) is 24.5 Å². The van der Waals surface area contributed by atoms with Gasteiger partial charge < -0.3 is 9.73 Å². The third-order valence-electron chi connectivity index (χ3n) is 4.14. The quantitative estimate of drug-likeness (QED) is 0.747. The summed E-state index contributed by atoms with van der Waals surface area (Å²) in [4.78, 5) is 2.51. The molecule has 0 bridgehead atoms. The van der Waals surface area contributed by atoms with Crippen molar-refractivity contribution in [3.05, 3.63) is 23.7 Å². The summed E-state index contributed by atoms with van der Waals surface area (Å²) >= 11 is 0. The largest absolute Gasteiger partial charge is 0.463 e. The standard InChI is InChI=1S/C17H30N2O/c1-4-19(12-15-6-5-7-15)13-17-9-8-16(20-17)11-18-10-14(2)3/h8-9,14-15,18H,4-7,10-13H2,1-3H3. The van der Waals surface area contributed by atoms with E-state index in [2.05, 4.69) is 43.1 Å². The molecule has 20 heavy (non-hydrogen) atoms. The van der Waals surface area contributed by atoms with Crippen LogP contribution in [0, 0.1) is 11.8 Å². The van der Waals surface area contributed by atoms with Crippen LogP contribution in [0.3, 0.4) is 0 Å². The highest BCUT2D eigenvalue weighted by Crippen LogP contribution is 2.27. The highest BCUT2D eigenvalue weighted by atomic mass is 16.3. The normalized spacial score (nSPS) is 16.1. The van der Waals surface area contributed by atoms with E-state index in [0.717, 1.165) is 43.6 Å². The van der Waals surface area contributed by atoms with Crippen molar-refractivity contribution in [3.8, 4) is 0 Å². The van der Waals surface area contributed by atoms with Crippen molar-refractivity contribution in [2.75, 3.05) is 19.6 Å². The van der Waals surface area contributed by atoms with E-state index >= 15 is 0 Å². The van der Waals surface area contributed by atoms with E-state index in [-0.39, 0.29) is 0 Å². The van der Waals surface area contributed by atoms with E-state index in [1.54, 1.807) is 0 Å². The SMILES string of the molecule is CCN(Cc1ccc(CNCC(C)C)o1)CC1CCC1. The number of nitrogens with one attached hydrogen (secondary N) is 1. The maximum absolute atomic E-state index is 5.93. The van der Waals surface area contributed by atoms with Gasteiger partial charge in [-0.25, -0.2) is 0 Å². The van der Waals surface area contributed by atoms with Gasteiger partial charge in [0, 0.05) is 6.54 Å². The molecule has 1 aromatic heterocycles. The molecule has 0 radical (unpaired) electrons. The van der Waals surface area contributed by atoms with Gasteiger partial charge in [-0.2, -0.15) is 0 Å². The summed E-state index contributed by atoms with van der Waals surface area (Å²) in [5, 5.41) is 3.42. The monoisotopic (exact) mass is 278 g/mol. The minimum Gasteiger partial charge on any atom is -0.463 e. The zero-order chi connectivity index (χ0) is 14.4. The highest BCUT2D eigenvalue weighted by molar-refractivity contribution is 5.07. The summed E-state index contributed by atoms with van der Waals surface area (Å²) < 4.78 is 5.93. The first-order valence-electron chi connectivity index (χ1n) is 8.18. The zero-order valence-electron chi connectivity index (χ0n) is 13.3. The second-order valence-corrected chi connectivity index (χ2v) is 6.52. The topological polar surface area (TPSA) is 28.4 Å². The lowest BCUT2D eigenvalue weighted by molar-refractivity contribution is 0.168. The van der Waals surface area contributed by atoms with Crippen LogP contribution in [0.1, 0.15) is 51.6 Å². The van der Waals surface area contributed by atoms with Gasteiger partial charge in [-0.15, -0.1) is 0 Å². The molecule has 0 saturated heterocycles. The lowest BCUT2D eigenvalue weighted by Gasteiger charge is -2.31. The molecule has 1 N–H and O–H groups in total. The maximum atomic E-state index is 5.93. The van der Waals surface area contributed by atoms with Crippen molar-refractivity contribution in [1.82, 2.24) is 10.2 Å². The molecule has 114 valence electrons. The Bertz CT molecular complexity index is 382. The molecule has 1 saturated carbocycles. The molecule has 0 aromatic carbocycles. The van der Waals surface area contributed by atoms with E-state index in [1.165, 1.54) is 25.8 Å². The Morgan fingerprint density at radius 3 is 2.65 bits per heavy atom. The Hall–Kier alpha value is -0.800. The molecule has 0 spiro atoms. The molecule has 0 unspecified atom stereocenters. The van der Waals surface area contributed by atoms with Crippen LogP contribution in [0.15, 0.2) is 16.5 Å². The number of rotatable bonds is 9. The second-order valence-electron chi connectivity index (χ2n) is 6.52. The van der Waals surface area contributed by atoms with Crippen LogP contribution in [-0.2, 0) is 13.1 Å². The molecule has 3 nitrogen and oxygen atoms in total. The van der Waals surface area contributed by atoms with E-state index in [0.29, 0.717) is 5.92 Å². The number of hydrogen-bond donors (Lipinski definition) is 1. The molecule has 1 heterocycles. The molecule has 3 heteroatoms. The van der Waals surface area contributed by atoms with Crippen LogP contribution >= 0.6 is 0 Å². The maximum Gasteiger partial charge on any atom is 0.118 e. The molecule has 2 rings (SSSR count). The van der Waals surface area contributed by atoms with E-state index in [1.807, 2.05) is 0 Å². The summed E-state index contributed by atoms with van der Waals surface area (Å²) in [6.07, 6.45) is 4.26. The van der Waals surface area contributed by atoms with Gasteiger partial charge in [-0.3, -0.25) is 4.90 Å². The van der Waals surface area contributed by atoms with E-state index in [9.17, 15) is 0 Å². The summed E-state index contributed by atoms with van der Waals surface area (Å²) in [5.74, 6) is 3.77. The van der Waals surface area contributed by atoms with E-state index < -0.39 is 0 Å². The smallest absolute Gasteiger partial charge is 0.118 e. The third kappa shape index (κ3) is 4.95. The lowest BCUT2D eigenvalue weighted by Crippen LogP contribution is -2.31. The molecule has 0 amide bonds. The molecular formula is C17H30N2O. The molecule has 1 aliphatic rings. The molecule has 1 aliphatic carbocycles. The van der Waals surface area contributed by atoms with Crippen LogP contribution in [0.4, 0.5) is 0 Å². The Morgan fingerprint density at radius 1 is 1.30 bits per heavy atom. The van der Waals surface area contributed by atoms with Crippen LogP contribution < -0.4 is 5.32 Å². The first-order valence-corrected chi connectivity index (χ1v) is 8.18. The fourth-order valence-corrected chi connectivity index (χ4v) is 2.65. The van der Waals surface area contributed by atoms with Gasteiger partial charge >= 0.3 is 0 Å². The second kappa shape index (κ2) is 7.84. The first-order chi connectivity index (χ1) is 9.67. The molecule has 1 fully saturated rings. The fourth-order valence-electron chi connectivity index (χ4n) is 2.65. The van der Waals surface area contributed by atoms with Gasteiger partial charge in [-0.05, 0) is 49.9 Å². The predicted octanol–water partition coefficient (Wildman–Crippen LogP) is 3.65. The molecular weight excluding hydrogens is 248 g/mol. The van der Waals surface area contributed by atoms with Gasteiger partial charge in [0.15, 0.2) is 0 Å². The Labute approximate surface area is 123 Å². The van der Waals surface area contributed by atoms with Gasteiger partial charge in [0.25, 0.3) is 0 Å². The van der Waals surface area contributed by atoms with Crippen molar-refractivity contribution in [2.45, 2.75) is 53.1 Å². The van der Waals surface area contributed by atoms with Crippen molar-refractivity contribution in [1.29, 1.82) is 0 Å². The van der Waals surface area contributed by atoms with Crippen LogP contribution in [0.2, 0.25) is 0 Å². The summed E-state index contributed by atoms with van der Waals surface area (Å²) in [6, 6.07) is 4.25. The van der Waals surface area contributed by atoms with Crippen molar-refractivity contribution in [2.24, 2.45) is 11.8 Å². The van der Waals surface area contributed by atoms with E-state index in [4.69, 9.17) is 4.42 Å². The van der Waals surface area contributed by atoms with Gasteiger partial charge in [-0.1, -0.05) is 27.2 Å². The average molecular weight is 278 g/mol. The van der Waals surface area contributed by atoms with Crippen molar-refractivity contribution >= 4 is 0 Å². The predicted molar refractivity (Wildman–Crippen MR) is 83.5 cm³/mol. The molecule has 0 aliphatic heterocycles. The van der Waals surface area contributed by atoms with Gasteiger partial charge in [0.2, 0.25) is 0 Å². The lowest BCUT2D eigenvalue weighted by atomic mass is 9.85. The summed E-state index contributed by atoms with van der Waals surface area (Å²) in [6.45, 7) is 11.9. The zero-order valence-corrected chi connectivity index (χ0v) is 13.3. The molecule has 1 aromatic rings. The Morgan fingerprint density at radius 2 is 2.05 bits per heavy atom. The minimum absolute atomic E-state index is 0.683. The minimum atomic E-state index is 0.683.